The number of halogens is 1. The Balaban J connectivity index is 2.03. The van der Waals surface area contributed by atoms with Crippen LogP contribution in [0.2, 0.25) is 5.02 Å². The Bertz CT molecular complexity index is 513. The number of rotatable bonds is 4. The van der Waals surface area contributed by atoms with Gasteiger partial charge in [0.25, 0.3) is 5.91 Å². The van der Waals surface area contributed by atoms with Gasteiger partial charge in [0.05, 0.1) is 36.5 Å². The second kappa shape index (κ2) is 6.72. The lowest BCUT2D eigenvalue weighted by Gasteiger charge is -2.13. The molecule has 108 valence electrons. The van der Waals surface area contributed by atoms with Crippen LogP contribution >= 0.6 is 11.6 Å². The van der Waals surface area contributed by atoms with E-state index < -0.39 is 5.97 Å². The van der Waals surface area contributed by atoms with Crippen molar-refractivity contribution in [1.82, 2.24) is 0 Å². The molecule has 1 aliphatic rings. The molecule has 0 atom stereocenters. The normalized spacial score (nSPS) is 15.1. The standard InChI is InChI=1S/C14H17ClN2O3/c1-20-14(19)10-4-5-11(15)12(8-10)16-13(18)9-17-6-2-3-7-17/h4-5,8H,2-3,6-7,9H2,1H3,(H,16,18)/p+1. The molecule has 0 aliphatic carbocycles. The summed E-state index contributed by atoms with van der Waals surface area (Å²) in [5, 5.41) is 3.16. The Morgan fingerprint density at radius 3 is 2.70 bits per heavy atom. The fourth-order valence-electron chi connectivity index (χ4n) is 2.34. The maximum Gasteiger partial charge on any atom is 0.337 e. The van der Waals surface area contributed by atoms with E-state index >= 15 is 0 Å². The van der Waals surface area contributed by atoms with Gasteiger partial charge in [-0.25, -0.2) is 4.79 Å². The lowest BCUT2D eigenvalue weighted by atomic mass is 10.2. The summed E-state index contributed by atoms with van der Waals surface area (Å²) in [4.78, 5) is 24.7. The predicted molar refractivity (Wildman–Crippen MR) is 76.2 cm³/mol. The van der Waals surface area contributed by atoms with Gasteiger partial charge in [-0.05, 0) is 18.2 Å². The molecule has 0 radical (unpaired) electrons. The number of methoxy groups -OCH3 is 1. The van der Waals surface area contributed by atoms with Gasteiger partial charge in [0.15, 0.2) is 6.54 Å². The van der Waals surface area contributed by atoms with Crippen molar-refractivity contribution in [2.45, 2.75) is 12.8 Å². The number of anilines is 1. The molecule has 0 bridgehead atoms. The van der Waals surface area contributed by atoms with Gasteiger partial charge in [0.1, 0.15) is 0 Å². The van der Waals surface area contributed by atoms with Crippen molar-refractivity contribution in [1.29, 1.82) is 0 Å². The van der Waals surface area contributed by atoms with Gasteiger partial charge in [0.2, 0.25) is 0 Å². The highest BCUT2D eigenvalue weighted by Crippen LogP contribution is 2.23. The van der Waals surface area contributed by atoms with E-state index in [2.05, 4.69) is 10.1 Å². The Labute approximate surface area is 122 Å². The summed E-state index contributed by atoms with van der Waals surface area (Å²) < 4.78 is 4.64. The third-order valence-corrected chi connectivity index (χ3v) is 3.71. The third-order valence-electron chi connectivity index (χ3n) is 3.38. The summed E-state index contributed by atoms with van der Waals surface area (Å²) in [6, 6.07) is 4.67. The van der Waals surface area contributed by atoms with E-state index in [1.165, 1.54) is 30.9 Å². The number of esters is 1. The van der Waals surface area contributed by atoms with Crippen LogP contribution in [-0.2, 0) is 9.53 Å². The van der Waals surface area contributed by atoms with Gasteiger partial charge in [-0.3, -0.25) is 4.79 Å². The van der Waals surface area contributed by atoms with Gasteiger partial charge in [0, 0.05) is 12.8 Å². The fraction of sp³-hybridized carbons (Fsp3) is 0.429. The highest BCUT2D eigenvalue weighted by molar-refractivity contribution is 6.33. The molecule has 1 aromatic carbocycles. The van der Waals surface area contributed by atoms with Crippen molar-refractivity contribution in [3.63, 3.8) is 0 Å². The minimum Gasteiger partial charge on any atom is -0.465 e. The molecule has 2 rings (SSSR count). The topological polar surface area (TPSA) is 59.8 Å². The smallest absolute Gasteiger partial charge is 0.337 e. The molecule has 0 unspecified atom stereocenters. The third kappa shape index (κ3) is 3.71. The van der Waals surface area contributed by atoms with E-state index in [0.29, 0.717) is 22.8 Å². The van der Waals surface area contributed by atoms with E-state index in [0.717, 1.165) is 13.1 Å². The van der Waals surface area contributed by atoms with E-state index in [1.807, 2.05) is 0 Å². The molecule has 0 saturated carbocycles. The molecule has 6 heteroatoms. The Kier molecular flexibility index (Phi) is 4.98. The van der Waals surface area contributed by atoms with Crippen LogP contribution in [0.1, 0.15) is 23.2 Å². The van der Waals surface area contributed by atoms with Crippen LogP contribution in [0.3, 0.4) is 0 Å². The number of carbonyl (C=O) groups is 2. The molecule has 1 aromatic rings. The zero-order valence-electron chi connectivity index (χ0n) is 11.4. The van der Waals surface area contributed by atoms with E-state index in [9.17, 15) is 9.59 Å². The second-order valence-electron chi connectivity index (χ2n) is 4.87. The summed E-state index contributed by atoms with van der Waals surface area (Å²) in [6.45, 7) is 2.49. The average Bonchev–Trinajstić information content (AvgIpc) is 2.93. The first kappa shape index (κ1) is 14.8. The quantitative estimate of drug-likeness (QED) is 0.806. The zero-order chi connectivity index (χ0) is 14.5. The molecular formula is C14H18ClN2O3+. The number of hydrogen-bond donors (Lipinski definition) is 2. The lowest BCUT2D eigenvalue weighted by Crippen LogP contribution is -3.11. The first-order valence-electron chi connectivity index (χ1n) is 6.61. The first-order valence-corrected chi connectivity index (χ1v) is 6.99. The van der Waals surface area contributed by atoms with Crippen LogP contribution < -0.4 is 10.2 Å². The second-order valence-corrected chi connectivity index (χ2v) is 5.28. The summed E-state index contributed by atoms with van der Waals surface area (Å²) in [5.41, 5.74) is 0.805. The molecule has 1 heterocycles. The number of benzene rings is 1. The van der Waals surface area contributed by atoms with Crippen LogP contribution in [0.25, 0.3) is 0 Å². The minimum atomic E-state index is -0.456. The molecule has 1 saturated heterocycles. The number of likely N-dealkylation sites (tertiary alicyclic amines) is 1. The highest BCUT2D eigenvalue weighted by atomic mass is 35.5. The van der Waals surface area contributed by atoms with Crippen molar-refractivity contribution >= 4 is 29.2 Å². The Morgan fingerprint density at radius 2 is 2.05 bits per heavy atom. The molecule has 20 heavy (non-hydrogen) atoms. The minimum absolute atomic E-state index is 0.0918. The van der Waals surface area contributed by atoms with Gasteiger partial charge >= 0.3 is 5.97 Å². The molecule has 1 aliphatic heterocycles. The Hall–Kier alpha value is -1.59. The van der Waals surface area contributed by atoms with Gasteiger partial charge in [-0.15, -0.1) is 0 Å². The first-order chi connectivity index (χ1) is 9.60. The molecular weight excluding hydrogens is 280 g/mol. The summed E-state index contributed by atoms with van der Waals surface area (Å²) in [5.74, 6) is -0.548. The SMILES string of the molecule is COC(=O)c1ccc(Cl)c(NC(=O)C[NH+]2CCCC2)c1. The van der Waals surface area contributed by atoms with Crippen LogP contribution in [0.5, 0.6) is 0 Å². The van der Waals surface area contributed by atoms with E-state index in [-0.39, 0.29) is 5.91 Å². The summed E-state index contributed by atoms with van der Waals surface area (Å²) in [6.07, 6.45) is 2.34. The zero-order valence-corrected chi connectivity index (χ0v) is 12.1. The van der Waals surface area contributed by atoms with Crippen molar-refractivity contribution < 1.29 is 19.2 Å². The number of amides is 1. The molecule has 0 aromatic heterocycles. The van der Waals surface area contributed by atoms with Crippen molar-refractivity contribution in [3.8, 4) is 0 Å². The highest BCUT2D eigenvalue weighted by Gasteiger charge is 2.19. The Morgan fingerprint density at radius 1 is 1.35 bits per heavy atom. The fourth-order valence-corrected chi connectivity index (χ4v) is 2.50. The molecule has 2 N–H and O–H groups in total. The van der Waals surface area contributed by atoms with Crippen LogP contribution in [-0.4, -0.2) is 38.6 Å². The largest absolute Gasteiger partial charge is 0.465 e. The number of hydrogen-bond acceptors (Lipinski definition) is 3. The predicted octanol–water partition coefficient (Wildman–Crippen LogP) is 0.744. The van der Waals surface area contributed by atoms with Crippen LogP contribution in [0, 0.1) is 0 Å². The maximum atomic E-state index is 12.0. The van der Waals surface area contributed by atoms with Gasteiger partial charge in [-0.2, -0.15) is 0 Å². The molecule has 1 fully saturated rings. The molecule has 5 nitrogen and oxygen atoms in total. The number of carbonyl (C=O) groups excluding carboxylic acids is 2. The van der Waals surface area contributed by atoms with E-state index in [4.69, 9.17) is 11.6 Å². The van der Waals surface area contributed by atoms with E-state index in [1.54, 1.807) is 12.1 Å². The number of ether oxygens (including phenoxy) is 1. The van der Waals surface area contributed by atoms with Crippen molar-refractivity contribution in [3.05, 3.63) is 28.8 Å². The number of nitrogens with one attached hydrogen (secondary N) is 2. The van der Waals surface area contributed by atoms with Crippen molar-refractivity contribution in [2.24, 2.45) is 0 Å². The van der Waals surface area contributed by atoms with Crippen LogP contribution in [0.4, 0.5) is 5.69 Å². The molecule has 1 amide bonds. The van der Waals surface area contributed by atoms with Crippen molar-refractivity contribution in [2.75, 3.05) is 32.1 Å². The van der Waals surface area contributed by atoms with Gasteiger partial charge < -0.3 is 15.0 Å². The maximum absolute atomic E-state index is 12.0. The summed E-state index contributed by atoms with van der Waals surface area (Å²) in [7, 11) is 1.31. The van der Waals surface area contributed by atoms with Crippen LogP contribution in [0.15, 0.2) is 18.2 Å². The lowest BCUT2D eigenvalue weighted by molar-refractivity contribution is -0.878. The monoisotopic (exact) mass is 297 g/mol. The number of quaternary nitrogens is 1. The van der Waals surface area contributed by atoms with Gasteiger partial charge in [-0.1, -0.05) is 11.6 Å². The molecule has 0 spiro atoms. The summed E-state index contributed by atoms with van der Waals surface area (Å²) >= 11 is 6.03. The average molecular weight is 298 g/mol.